The molecule has 156 valence electrons. The highest BCUT2D eigenvalue weighted by atomic mass is 35.5. The number of amides is 1. The molecule has 0 saturated carbocycles. The number of fused-ring (bicyclic) bond motifs is 1. The van der Waals surface area contributed by atoms with E-state index < -0.39 is 21.5 Å². The molecule has 3 rings (SSSR count). The summed E-state index contributed by atoms with van der Waals surface area (Å²) in [7, 11) is -3.85. The van der Waals surface area contributed by atoms with Crippen LogP contribution in [0.2, 0.25) is 5.02 Å². The van der Waals surface area contributed by atoms with Gasteiger partial charge in [0.2, 0.25) is 5.91 Å². The molecule has 0 fully saturated rings. The van der Waals surface area contributed by atoms with Crippen molar-refractivity contribution in [3.8, 4) is 11.5 Å². The van der Waals surface area contributed by atoms with Gasteiger partial charge in [0.05, 0.1) is 29.2 Å². The molecule has 1 aliphatic rings. The molecule has 1 amide bonds. The minimum Gasteiger partial charge on any atom is -0.490 e. The first-order valence-electron chi connectivity index (χ1n) is 9.44. The third-order valence-electron chi connectivity index (χ3n) is 4.61. The normalized spacial score (nSPS) is 14.9. The number of ether oxygens (including phenoxy) is 2. The number of carbonyl (C=O) groups is 1. The van der Waals surface area contributed by atoms with E-state index in [9.17, 15) is 13.2 Å². The van der Waals surface area contributed by atoms with Gasteiger partial charge in [0.25, 0.3) is 0 Å². The summed E-state index contributed by atoms with van der Waals surface area (Å²) in [6, 6.07) is 11.2. The van der Waals surface area contributed by atoms with Crippen molar-refractivity contribution in [2.75, 3.05) is 19.0 Å². The predicted octanol–water partition coefficient (Wildman–Crippen LogP) is 3.79. The van der Waals surface area contributed by atoms with Crippen LogP contribution in [-0.4, -0.2) is 33.3 Å². The van der Waals surface area contributed by atoms with Gasteiger partial charge in [-0.2, -0.15) is 0 Å². The molecule has 0 aliphatic carbocycles. The molecule has 0 saturated heterocycles. The number of hydrogen-bond donors (Lipinski definition) is 1. The first-order valence-corrected chi connectivity index (χ1v) is 11.5. The minimum absolute atomic E-state index is 0.0340. The van der Waals surface area contributed by atoms with Gasteiger partial charge in [-0.25, -0.2) is 8.42 Å². The average molecular weight is 438 g/mol. The number of rotatable bonds is 6. The largest absolute Gasteiger partial charge is 0.490 e. The summed E-state index contributed by atoms with van der Waals surface area (Å²) in [4.78, 5) is 12.5. The molecule has 8 heteroatoms. The monoisotopic (exact) mass is 437 g/mol. The van der Waals surface area contributed by atoms with Crippen molar-refractivity contribution >= 4 is 27.3 Å². The van der Waals surface area contributed by atoms with Crippen LogP contribution in [0, 0.1) is 5.92 Å². The maximum Gasteiger partial charge on any atom is 0.236 e. The standard InChI is InChI=1S/C21H24ClNO5S/c1-14(2)21(15-8-9-17-18(12-15)28-11-5-10-27-17)23-20(24)13-29(25,26)19-7-4-3-6-16(19)22/h3-4,6-9,12,14,21H,5,10-11,13H2,1-2H3,(H,23,24). The second kappa shape index (κ2) is 9.05. The lowest BCUT2D eigenvalue weighted by Gasteiger charge is -2.24. The Morgan fingerprint density at radius 1 is 1.10 bits per heavy atom. The summed E-state index contributed by atoms with van der Waals surface area (Å²) >= 11 is 5.99. The smallest absolute Gasteiger partial charge is 0.236 e. The molecule has 1 unspecified atom stereocenters. The van der Waals surface area contributed by atoms with Crippen LogP contribution >= 0.6 is 11.6 Å². The van der Waals surface area contributed by atoms with E-state index in [0.717, 1.165) is 12.0 Å². The van der Waals surface area contributed by atoms with E-state index in [-0.39, 0.29) is 21.9 Å². The van der Waals surface area contributed by atoms with E-state index in [4.69, 9.17) is 21.1 Å². The summed E-state index contributed by atoms with van der Waals surface area (Å²) in [5.41, 5.74) is 0.827. The van der Waals surface area contributed by atoms with E-state index in [1.54, 1.807) is 12.1 Å². The van der Waals surface area contributed by atoms with Gasteiger partial charge in [-0.3, -0.25) is 4.79 Å². The van der Waals surface area contributed by atoms with Gasteiger partial charge in [-0.05, 0) is 35.7 Å². The summed E-state index contributed by atoms with van der Waals surface area (Å²) in [6.07, 6.45) is 0.800. The van der Waals surface area contributed by atoms with E-state index in [0.29, 0.717) is 24.7 Å². The Hall–Kier alpha value is -2.25. The quantitative estimate of drug-likeness (QED) is 0.743. The van der Waals surface area contributed by atoms with E-state index in [1.165, 1.54) is 12.1 Å². The third kappa shape index (κ3) is 5.22. The molecule has 0 spiro atoms. The molecule has 0 aromatic heterocycles. The van der Waals surface area contributed by atoms with Crippen LogP contribution in [0.25, 0.3) is 0 Å². The van der Waals surface area contributed by atoms with Crippen molar-refractivity contribution in [2.45, 2.75) is 31.2 Å². The van der Waals surface area contributed by atoms with Crippen LogP contribution in [0.4, 0.5) is 0 Å². The Bertz CT molecular complexity index is 990. The zero-order valence-corrected chi connectivity index (χ0v) is 17.9. The predicted molar refractivity (Wildman–Crippen MR) is 111 cm³/mol. The van der Waals surface area contributed by atoms with Crippen LogP contribution in [0.5, 0.6) is 11.5 Å². The fraction of sp³-hybridized carbons (Fsp3) is 0.381. The van der Waals surface area contributed by atoms with Crippen molar-refractivity contribution in [2.24, 2.45) is 5.92 Å². The molecular formula is C21H24ClNO5S. The molecule has 1 heterocycles. The summed E-state index contributed by atoms with van der Waals surface area (Å²) in [5, 5.41) is 2.94. The molecule has 0 bridgehead atoms. The zero-order chi connectivity index (χ0) is 21.0. The van der Waals surface area contributed by atoms with Gasteiger partial charge in [0.1, 0.15) is 5.75 Å². The summed E-state index contributed by atoms with van der Waals surface area (Å²) in [5.74, 6) is 0.0669. The first-order chi connectivity index (χ1) is 13.8. The van der Waals surface area contributed by atoms with Crippen LogP contribution in [0.1, 0.15) is 31.9 Å². The lowest BCUT2D eigenvalue weighted by molar-refractivity contribution is -0.119. The van der Waals surface area contributed by atoms with Gasteiger partial charge >= 0.3 is 0 Å². The fourth-order valence-corrected chi connectivity index (χ4v) is 4.89. The minimum atomic E-state index is -3.85. The molecule has 2 aromatic rings. The number of benzene rings is 2. The second-order valence-electron chi connectivity index (χ2n) is 7.24. The highest BCUT2D eigenvalue weighted by Gasteiger charge is 2.26. The van der Waals surface area contributed by atoms with Crippen LogP contribution in [0.3, 0.4) is 0 Å². The van der Waals surface area contributed by atoms with Crippen molar-refractivity contribution in [1.29, 1.82) is 0 Å². The molecule has 2 aromatic carbocycles. The zero-order valence-electron chi connectivity index (χ0n) is 16.4. The Morgan fingerprint density at radius 2 is 1.79 bits per heavy atom. The maximum absolute atomic E-state index is 12.6. The SMILES string of the molecule is CC(C)C(NC(=O)CS(=O)(=O)c1ccccc1Cl)c1ccc2c(c1)OCCCO2. The molecular weight excluding hydrogens is 414 g/mol. The Labute approximate surface area is 176 Å². The summed E-state index contributed by atoms with van der Waals surface area (Å²) < 4.78 is 36.6. The van der Waals surface area contributed by atoms with Gasteiger partial charge in [0.15, 0.2) is 21.3 Å². The van der Waals surface area contributed by atoms with Crippen molar-refractivity contribution in [3.63, 3.8) is 0 Å². The lowest BCUT2D eigenvalue weighted by Crippen LogP contribution is -2.36. The molecule has 0 radical (unpaired) electrons. The van der Waals surface area contributed by atoms with Gasteiger partial charge in [-0.1, -0.05) is 43.6 Å². The Balaban J connectivity index is 1.78. The first kappa shape index (κ1) is 21.5. The van der Waals surface area contributed by atoms with Crippen LogP contribution in [0.15, 0.2) is 47.4 Å². The number of sulfone groups is 1. The lowest BCUT2D eigenvalue weighted by atomic mass is 9.95. The van der Waals surface area contributed by atoms with Crippen molar-refractivity contribution in [1.82, 2.24) is 5.32 Å². The third-order valence-corrected chi connectivity index (χ3v) is 6.72. The van der Waals surface area contributed by atoms with Crippen LogP contribution < -0.4 is 14.8 Å². The van der Waals surface area contributed by atoms with Crippen LogP contribution in [-0.2, 0) is 14.6 Å². The average Bonchev–Trinajstić information content (AvgIpc) is 2.90. The fourth-order valence-electron chi connectivity index (χ4n) is 3.17. The van der Waals surface area contributed by atoms with Gasteiger partial charge < -0.3 is 14.8 Å². The van der Waals surface area contributed by atoms with Crippen molar-refractivity contribution < 1.29 is 22.7 Å². The van der Waals surface area contributed by atoms with Gasteiger partial charge in [-0.15, -0.1) is 0 Å². The Morgan fingerprint density at radius 3 is 2.48 bits per heavy atom. The highest BCUT2D eigenvalue weighted by Crippen LogP contribution is 2.34. The summed E-state index contributed by atoms with van der Waals surface area (Å²) in [6.45, 7) is 5.06. The Kier molecular flexibility index (Phi) is 6.70. The number of halogens is 1. The number of nitrogens with one attached hydrogen (secondary N) is 1. The van der Waals surface area contributed by atoms with E-state index in [1.807, 2.05) is 32.0 Å². The molecule has 6 nitrogen and oxygen atoms in total. The molecule has 1 aliphatic heterocycles. The molecule has 29 heavy (non-hydrogen) atoms. The van der Waals surface area contributed by atoms with Gasteiger partial charge in [0, 0.05) is 6.42 Å². The van der Waals surface area contributed by atoms with Crippen molar-refractivity contribution in [3.05, 3.63) is 53.1 Å². The second-order valence-corrected chi connectivity index (χ2v) is 9.60. The van der Waals surface area contributed by atoms with E-state index in [2.05, 4.69) is 5.32 Å². The molecule has 1 N–H and O–H groups in total. The molecule has 1 atom stereocenters. The topological polar surface area (TPSA) is 81.7 Å². The number of hydrogen-bond acceptors (Lipinski definition) is 5. The maximum atomic E-state index is 12.6. The number of carbonyl (C=O) groups excluding carboxylic acids is 1. The highest BCUT2D eigenvalue weighted by molar-refractivity contribution is 7.92. The van der Waals surface area contributed by atoms with E-state index >= 15 is 0 Å².